The number of urea groups is 1. The van der Waals surface area contributed by atoms with E-state index in [1.807, 2.05) is 38.1 Å². The second-order valence-electron chi connectivity index (χ2n) is 4.93. The van der Waals surface area contributed by atoms with Gasteiger partial charge in [-0.3, -0.25) is 0 Å². The molecule has 0 saturated carbocycles. The zero-order chi connectivity index (χ0) is 15.0. The average molecular weight is 343 g/mol. The third-order valence-corrected chi connectivity index (χ3v) is 3.94. The molecule has 1 aromatic rings. The van der Waals surface area contributed by atoms with Crippen molar-refractivity contribution in [2.75, 3.05) is 6.61 Å². The summed E-state index contributed by atoms with van der Waals surface area (Å²) in [7, 11) is 0. The topological polar surface area (TPSA) is 61.4 Å². The molecule has 5 heteroatoms. The van der Waals surface area contributed by atoms with Crippen molar-refractivity contribution in [2.45, 2.75) is 45.2 Å². The fraction of sp³-hybridized carbons (Fsp3) is 0.533. The van der Waals surface area contributed by atoms with Crippen LogP contribution in [0.4, 0.5) is 4.79 Å². The minimum Gasteiger partial charge on any atom is -0.396 e. The summed E-state index contributed by atoms with van der Waals surface area (Å²) in [5.41, 5.74) is 1.17. The highest BCUT2D eigenvalue weighted by Crippen LogP contribution is 2.17. The van der Waals surface area contributed by atoms with Gasteiger partial charge in [-0.1, -0.05) is 41.1 Å². The number of hydrogen-bond donors (Lipinski definition) is 3. The van der Waals surface area contributed by atoms with Crippen LogP contribution in [0.15, 0.2) is 28.7 Å². The first-order valence-corrected chi connectivity index (χ1v) is 7.77. The van der Waals surface area contributed by atoms with E-state index in [1.165, 1.54) is 5.56 Å². The van der Waals surface area contributed by atoms with Gasteiger partial charge >= 0.3 is 6.03 Å². The van der Waals surface area contributed by atoms with Gasteiger partial charge in [-0.2, -0.15) is 0 Å². The number of halogens is 1. The van der Waals surface area contributed by atoms with Crippen LogP contribution in [0.1, 0.15) is 32.3 Å². The van der Waals surface area contributed by atoms with Gasteiger partial charge in [0.1, 0.15) is 0 Å². The molecule has 0 aliphatic rings. The Bertz CT molecular complexity index is 426. The van der Waals surface area contributed by atoms with E-state index in [0.717, 1.165) is 17.3 Å². The zero-order valence-corrected chi connectivity index (χ0v) is 13.6. The molecule has 0 saturated heterocycles. The number of amides is 2. The van der Waals surface area contributed by atoms with Crippen molar-refractivity contribution in [3.63, 3.8) is 0 Å². The van der Waals surface area contributed by atoms with Gasteiger partial charge in [0, 0.05) is 23.2 Å². The molecule has 3 N–H and O–H groups in total. The van der Waals surface area contributed by atoms with Crippen molar-refractivity contribution in [1.29, 1.82) is 0 Å². The van der Waals surface area contributed by atoms with E-state index in [4.69, 9.17) is 5.11 Å². The van der Waals surface area contributed by atoms with Crippen molar-refractivity contribution in [1.82, 2.24) is 10.6 Å². The summed E-state index contributed by atoms with van der Waals surface area (Å²) in [5.74, 6) is 0. The molecule has 0 spiro atoms. The van der Waals surface area contributed by atoms with E-state index in [1.54, 1.807) is 0 Å². The Labute approximate surface area is 129 Å². The number of aliphatic hydroxyl groups is 1. The maximum absolute atomic E-state index is 11.9. The Morgan fingerprint density at radius 2 is 2.05 bits per heavy atom. The lowest BCUT2D eigenvalue weighted by Gasteiger charge is -2.19. The van der Waals surface area contributed by atoms with Crippen LogP contribution in [0.5, 0.6) is 0 Å². The zero-order valence-electron chi connectivity index (χ0n) is 12.0. The summed E-state index contributed by atoms with van der Waals surface area (Å²) < 4.78 is 1.06. The Morgan fingerprint density at radius 1 is 1.35 bits per heavy atom. The normalized spacial score (nSPS) is 13.6. The Hall–Kier alpha value is -1.07. The van der Waals surface area contributed by atoms with Gasteiger partial charge in [-0.05, 0) is 37.8 Å². The first kappa shape index (κ1) is 17.0. The molecule has 0 fully saturated rings. The molecule has 1 aromatic carbocycles. The Morgan fingerprint density at radius 3 is 2.65 bits per heavy atom. The molecule has 0 aromatic heterocycles. The number of benzene rings is 1. The summed E-state index contributed by atoms with van der Waals surface area (Å²) in [5, 5.41) is 14.7. The number of aliphatic hydroxyl groups excluding tert-OH is 1. The predicted octanol–water partition coefficient (Wildman–Crippen LogP) is 2.84. The maximum Gasteiger partial charge on any atom is 0.315 e. The molecule has 20 heavy (non-hydrogen) atoms. The standard InChI is InChI=1S/C15H23BrN2O2/c1-3-13(8-9-19)18-15(20)17-11(2)10-12-6-4-5-7-14(12)16/h4-7,11,13,19H,3,8-10H2,1-2H3,(H2,17,18,20). The van der Waals surface area contributed by atoms with Gasteiger partial charge in [0.2, 0.25) is 0 Å². The fourth-order valence-electron chi connectivity index (χ4n) is 2.03. The van der Waals surface area contributed by atoms with E-state index >= 15 is 0 Å². The highest BCUT2D eigenvalue weighted by atomic mass is 79.9. The van der Waals surface area contributed by atoms with Crippen LogP contribution in [0.25, 0.3) is 0 Å². The van der Waals surface area contributed by atoms with Gasteiger partial charge < -0.3 is 15.7 Å². The minimum atomic E-state index is -0.176. The molecule has 112 valence electrons. The smallest absolute Gasteiger partial charge is 0.315 e. The van der Waals surface area contributed by atoms with Crippen molar-refractivity contribution in [3.05, 3.63) is 34.3 Å². The lowest BCUT2D eigenvalue weighted by Crippen LogP contribution is -2.46. The van der Waals surface area contributed by atoms with Crippen LogP contribution in [0, 0.1) is 0 Å². The van der Waals surface area contributed by atoms with Crippen molar-refractivity contribution < 1.29 is 9.90 Å². The largest absolute Gasteiger partial charge is 0.396 e. The van der Waals surface area contributed by atoms with Crippen LogP contribution < -0.4 is 10.6 Å². The number of nitrogens with one attached hydrogen (secondary N) is 2. The predicted molar refractivity (Wildman–Crippen MR) is 84.8 cm³/mol. The molecule has 0 aliphatic heterocycles. The van der Waals surface area contributed by atoms with Crippen molar-refractivity contribution in [2.24, 2.45) is 0 Å². The van der Waals surface area contributed by atoms with Gasteiger partial charge in [0.15, 0.2) is 0 Å². The number of carbonyl (C=O) groups is 1. The van der Waals surface area contributed by atoms with E-state index in [-0.39, 0.29) is 24.7 Å². The molecule has 0 heterocycles. The van der Waals surface area contributed by atoms with Gasteiger partial charge in [-0.15, -0.1) is 0 Å². The van der Waals surface area contributed by atoms with Crippen molar-refractivity contribution >= 4 is 22.0 Å². The van der Waals surface area contributed by atoms with Crippen LogP contribution in [-0.4, -0.2) is 29.8 Å². The lowest BCUT2D eigenvalue weighted by molar-refractivity contribution is 0.225. The van der Waals surface area contributed by atoms with E-state index in [2.05, 4.69) is 26.6 Å². The number of carbonyl (C=O) groups excluding carboxylic acids is 1. The highest BCUT2D eigenvalue weighted by molar-refractivity contribution is 9.10. The summed E-state index contributed by atoms with van der Waals surface area (Å²) in [4.78, 5) is 11.9. The quantitative estimate of drug-likeness (QED) is 0.713. The first-order chi connectivity index (χ1) is 9.56. The minimum absolute atomic E-state index is 0.0238. The molecule has 0 radical (unpaired) electrons. The number of rotatable bonds is 7. The molecule has 0 bridgehead atoms. The van der Waals surface area contributed by atoms with Crippen LogP contribution in [0.3, 0.4) is 0 Å². The van der Waals surface area contributed by atoms with Gasteiger partial charge in [0.25, 0.3) is 0 Å². The van der Waals surface area contributed by atoms with Gasteiger partial charge in [-0.25, -0.2) is 4.79 Å². The summed E-state index contributed by atoms with van der Waals surface area (Å²) in [6.07, 6.45) is 2.17. The third-order valence-electron chi connectivity index (χ3n) is 3.17. The molecule has 0 aliphatic carbocycles. The molecule has 2 atom stereocenters. The van der Waals surface area contributed by atoms with Gasteiger partial charge in [0.05, 0.1) is 0 Å². The van der Waals surface area contributed by atoms with E-state index in [0.29, 0.717) is 6.42 Å². The first-order valence-electron chi connectivity index (χ1n) is 6.98. The second-order valence-corrected chi connectivity index (χ2v) is 5.79. The second kappa shape index (κ2) is 8.97. The molecule has 1 rings (SSSR count). The monoisotopic (exact) mass is 342 g/mol. The Balaban J connectivity index is 2.43. The average Bonchev–Trinajstić information content (AvgIpc) is 2.40. The highest BCUT2D eigenvalue weighted by Gasteiger charge is 2.13. The van der Waals surface area contributed by atoms with Crippen LogP contribution in [0.2, 0.25) is 0 Å². The van der Waals surface area contributed by atoms with Crippen LogP contribution in [-0.2, 0) is 6.42 Å². The lowest BCUT2D eigenvalue weighted by atomic mass is 10.1. The molecular weight excluding hydrogens is 320 g/mol. The molecular formula is C15H23BrN2O2. The summed E-state index contributed by atoms with van der Waals surface area (Å²) in [6.45, 7) is 4.06. The molecule has 2 unspecified atom stereocenters. The maximum atomic E-state index is 11.9. The third kappa shape index (κ3) is 5.92. The fourth-order valence-corrected chi connectivity index (χ4v) is 2.48. The number of hydrogen-bond acceptors (Lipinski definition) is 2. The van der Waals surface area contributed by atoms with Crippen LogP contribution >= 0.6 is 15.9 Å². The molecule has 2 amide bonds. The van der Waals surface area contributed by atoms with E-state index in [9.17, 15) is 4.79 Å². The SMILES string of the molecule is CCC(CCO)NC(=O)NC(C)Cc1ccccc1Br. The summed E-state index contributed by atoms with van der Waals surface area (Å²) in [6, 6.07) is 7.89. The van der Waals surface area contributed by atoms with Crippen molar-refractivity contribution in [3.8, 4) is 0 Å². The summed E-state index contributed by atoms with van der Waals surface area (Å²) >= 11 is 3.51. The molecule has 4 nitrogen and oxygen atoms in total. The Kier molecular flexibility index (Phi) is 7.62. The van der Waals surface area contributed by atoms with E-state index < -0.39 is 0 Å².